The highest BCUT2D eigenvalue weighted by molar-refractivity contribution is 5.89. The molecule has 0 aromatic heterocycles. The fraction of sp³-hybridized carbons (Fsp3) is 0.333. The van der Waals surface area contributed by atoms with E-state index >= 15 is 0 Å². The Labute approximate surface area is 155 Å². The third-order valence-electron chi connectivity index (χ3n) is 4.15. The zero-order chi connectivity index (χ0) is 18.9. The summed E-state index contributed by atoms with van der Waals surface area (Å²) < 4.78 is 0. The fourth-order valence-corrected chi connectivity index (χ4v) is 2.53. The van der Waals surface area contributed by atoms with E-state index in [0.717, 1.165) is 18.4 Å². The van der Waals surface area contributed by atoms with Gasteiger partial charge in [0.25, 0.3) is 0 Å². The predicted molar refractivity (Wildman–Crippen MR) is 105 cm³/mol. The first kappa shape index (κ1) is 19.5. The van der Waals surface area contributed by atoms with Gasteiger partial charge < -0.3 is 15.5 Å². The van der Waals surface area contributed by atoms with Crippen molar-refractivity contribution in [1.82, 2.24) is 10.2 Å². The van der Waals surface area contributed by atoms with Crippen molar-refractivity contribution in [3.8, 4) is 0 Å². The maximum absolute atomic E-state index is 12.1. The van der Waals surface area contributed by atoms with Gasteiger partial charge in [-0.2, -0.15) is 0 Å². The van der Waals surface area contributed by atoms with E-state index in [1.54, 1.807) is 19.0 Å². The van der Waals surface area contributed by atoms with Crippen LogP contribution in [0.3, 0.4) is 0 Å². The van der Waals surface area contributed by atoms with Crippen LogP contribution in [0.25, 0.3) is 0 Å². The number of likely N-dealkylation sites (N-methyl/N-ethyl adjacent to an activating group) is 1. The number of nitrogens with one attached hydrogen (secondary N) is 2. The van der Waals surface area contributed by atoms with Gasteiger partial charge >= 0.3 is 6.03 Å². The zero-order valence-corrected chi connectivity index (χ0v) is 15.7. The predicted octanol–water partition coefficient (Wildman–Crippen LogP) is 3.46. The second-order valence-electron chi connectivity index (χ2n) is 6.69. The van der Waals surface area contributed by atoms with Crippen molar-refractivity contribution >= 4 is 17.6 Å². The number of rotatable bonds is 7. The van der Waals surface area contributed by atoms with Crippen LogP contribution in [0.1, 0.15) is 24.5 Å². The molecule has 3 amide bonds. The third kappa shape index (κ3) is 6.59. The molecule has 0 saturated carbocycles. The second-order valence-corrected chi connectivity index (χ2v) is 6.69. The van der Waals surface area contributed by atoms with Crippen LogP contribution in [0, 0.1) is 0 Å². The lowest BCUT2D eigenvalue weighted by Gasteiger charge is -2.15. The zero-order valence-electron chi connectivity index (χ0n) is 15.7. The molecule has 0 bridgehead atoms. The van der Waals surface area contributed by atoms with E-state index in [1.165, 1.54) is 5.56 Å². The quantitative estimate of drug-likeness (QED) is 0.801. The Bertz CT molecular complexity index is 712. The van der Waals surface area contributed by atoms with E-state index in [2.05, 4.69) is 22.8 Å². The number of carbonyl (C=O) groups excluding carboxylic acids is 2. The summed E-state index contributed by atoms with van der Waals surface area (Å²) in [5, 5.41) is 5.78. The lowest BCUT2D eigenvalue weighted by atomic mass is 10.1. The first-order chi connectivity index (χ1) is 12.4. The minimum Gasteiger partial charge on any atom is -0.349 e. The molecule has 0 aliphatic heterocycles. The van der Waals surface area contributed by atoms with Crippen molar-refractivity contribution < 1.29 is 9.59 Å². The molecule has 0 aliphatic rings. The van der Waals surface area contributed by atoms with E-state index in [9.17, 15) is 9.59 Å². The number of benzene rings is 2. The molecule has 2 rings (SSSR count). The summed E-state index contributed by atoms with van der Waals surface area (Å²) in [5.41, 5.74) is 2.90. The van der Waals surface area contributed by atoms with Gasteiger partial charge in [0.05, 0.1) is 6.42 Å². The van der Waals surface area contributed by atoms with Gasteiger partial charge in [-0.15, -0.1) is 0 Å². The Balaban J connectivity index is 1.77. The standard InChI is InChI=1S/C21H27N3O2/c1-16(9-10-17-7-5-4-6-8-17)22-21(26)23-19-13-11-18(12-14-19)15-20(25)24(2)3/h4-8,11-14,16H,9-10,15H2,1-3H3,(H2,22,23,26)/t16-/m0/s1. The normalized spacial score (nSPS) is 11.5. The summed E-state index contributed by atoms with van der Waals surface area (Å²) in [6, 6.07) is 17.4. The van der Waals surface area contributed by atoms with Crippen molar-refractivity contribution in [2.45, 2.75) is 32.2 Å². The van der Waals surface area contributed by atoms with Crippen LogP contribution < -0.4 is 10.6 Å². The van der Waals surface area contributed by atoms with Crippen LogP contribution in [-0.2, 0) is 17.6 Å². The lowest BCUT2D eigenvalue weighted by molar-refractivity contribution is -0.127. The van der Waals surface area contributed by atoms with Crippen molar-refractivity contribution in [2.24, 2.45) is 0 Å². The van der Waals surface area contributed by atoms with E-state index in [-0.39, 0.29) is 18.0 Å². The van der Waals surface area contributed by atoms with E-state index in [4.69, 9.17) is 0 Å². The molecule has 0 saturated heterocycles. The molecule has 5 heteroatoms. The highest BCUT2D eigenvalue weighted by Gasteiger charge is 2.09. The molecule has 2 aromatic carbocycles. The van der Waals surface area contributed by atoms with E-state index < -0.39 is 0 Å². The van der Waals surface area contributed by atoms with E-state index in [0.29, 0.717) is 12.1 Å². The minimum atomic E-state index is -0.220. The van der Waals surface area contributed by atoms with Gasteiger partial charge in [-0.3, -0.25) is 4.79 Å². The molecular weight excluding hydrogens is 326 g/mol. The summed E-state index contributed by atoms with van der Waals surface area (Å²) >= 11 is 0. The SMILES string of the molecule is C[C@@H](CCc1ccccc1)NC(=O)Nc1ccc(CC(=O)N(C)C)cc1. The van der Waals surface area contributed by atoms with Gasteiger partial charge in [-0.05, 0) is 43.0 Å². The monoisotopic (exact) mass is 353 g/mol. The largest absolute Gasteiger partial charge is 0.349 e. The molecule has 0 heterocycles. The number of nitrogens with zero attached hydrogens (tertiary/aromatic N) is 1. The minimum absolute atomic E-state index is 0.0516. The van der Waals surface area contributed by atoms with Crippen molar-refractivity contribution in [2.75, 3.05) is 19.4 Å². The number of hydrogen-bond acceptors (Lipinski definition) is 2. The van der Waals surface area contributed by atoms with Gasteiger partial charge in [0.15, 0.2) is 0 Å². The molecule has 0 unspecified atom stereocenters. The summed E-state index contributed by atoms with van der Waals surface area (Å²) in [4.78, 5) is 25.4. The summed E-state index contributed by atoms with van der Waals surface area (Å²) in [7, 11) is 3.48. The molecule has 0 aliphatic carbocycles. The highest BCUT2D eigenvalue weighted by Crippen LogP contribution is 2.11. The van der Waals surface area contributed by atoms with Crippen LogP contribution in [0.2, 0.25) is 0 Å². The van der Waals surface area contributed by atoms with Crippen LogP contribution in [0.5, 0.6) is 0 Å². The topological polar surface area (TPSA) is 61.4 Å². The average Bonchev–Trinajstić information content (AvgIpc) is 2.62. The van der Waals surface area contributed by atoms with Crippen LogP contribution in [0.4, 0.5) is 10.5 Å². The number of urea groups is 1. The average molecular weight is 353 g/mol. The van der Waals surface area contributed by atoms with Gasteiger partial charge in [0.2, 0.25) is 5.91 Å². The van der Waals surface area contributed by atoms with Gasteiger partial charge in [0, 0.05) is 25.8 Å². The van der Waals surface area contributed by atoms with E-state index in [1.807, 2.05) is 49.4 Å². The van der Waals surface area contributed by atoms with Crippen LogP contribution in [0.15, 0.2) is 54.6 Å². The molecule has 138 valence electrons. The maximum Gasteiger partial charge on any atom is 0.319 e. The van der Waals surface area contributed by atoms with Crippen molar-refractivity contribution in [3.05, 3.63) is 65.7 Å². The second kappa shape index (κ2) is 9.61. The smallest absolute Gasteiger partial charge is 0.319 e. The van der Waals surface area contributed by atoms with Gasteiger partial charge in [0.1, 0.15) is 0 Å². The Kier molecular flexibility index (Phi) is 7.21. The molecule has 2 aromatic rings. The maximum atomic E-state index is 12.1. The first-order valence-electron chi connectivity index (χ1n) is 8.84. The molecule has 0 spiro atoms. The molecule has 0 fully saturated rings. The lowest BCUT2D eigenvalue weighted by Crippen LogP contribution is -2.36. The Morgan fingerprint density at radius 2 is 1.62 bits per heavy atom. The van der Waals surface area contributed by atoms with Gasteiger partial charge in [-0.1, -0.05) is 42.5 Å². The molecule has 5 nitrogen and oxygen atoms in total. The highest BCUT2D eigenvalue weighted by atomic mass is 16.2. The number of amides is 3. The number of carbonyl (C=O) groups is 2. The molecule has 1 atom stereocenters. The third-order valence-corrected chi connectivity index (χ3v) is 4.15. The number of anilines is 1. The molecule has 26 heavy (non-hydrogen) atoms. The van der Waals surface area contributed by atoms with Crippen molar-refractivity contribution in [3.63, 3.8) is 0 Å². The summed E-state index contributed by atoms with van der Waals surface area (Å²) in [5.74, 6) is 0.0516. The Morgan fingerprint density at radius 1 is 0.962 bits per heavy atom. The summed E-state index contributed by atoms with van der Waals surface area (Å²) in [6.45, 7) is 2.00. The summed E-state index contributed by atoms with van der Waals surface area (Å²) in [6.07, 6.45) is 2.16. The van der Waals surface area contributed by atoms with Crippen molar-refractivity contribution in [1.29, 1.82) is 0 Å². The Hall–Kier alpha value is -2.82. The molecule has 0 radical (unpaired) electrons. The fourth-order valence-electron chi connectivity index (χ4n) is 2.53. The number of aryl methyl sites for hydroxylation is 1. The number of hydrogen-bond donors (Lipinski definition) is 2. The van der Waals surface area contributed by atoms with Crippen LogP contribution in [-0.4, -0.2) is 37.0 Å². The molecule has 2 N–H and O–H groups in total. The Morgan fingerprint density at radius 3 is 2.23 bits per heavy atom. The van der Waals surface area contributed by atoms with Gasteiger partial charge in [-0.25, -0.2) is 4.79 Å². The van der Waals surface area contributed by atoms with Crippen LogP contribution >= 0.6 is 0 Å². The molecular formula is C21H27N3O2. The first-order valence-corrected chi connectivity index (χ1v) is 8.84.